The average Bonchev–Trinajstić information content (AvgIpc) is 2.01. The third-order valence-electron chi connectivity index (χ3n) is 1.76. The van der Waals surface area contributed by atoms with E-state index < -0.39 is 0 Å². The lowest BCUT2D eigenvalue weighted by atomic mass is 10.1. The largest absolute Gasteiger partial charge is 0.487 e. The van der Waals surface area contributed by atoms with Gasteiger partial charge in [-0.1, -0.05) is 27.7 Å². The van der Waals surface area contributed by atoms with E-state index in [2.05, 4.69) is 27.7 Å². The van der Waals surface area contributed by atoms with Crippen molar-refractivity contribution in [1.29, 1.82) is 0 Å². The summed E-state index contributed by atoms with van der Waals surface area (Å²) in [6.07, 6.45) is 2.17. The second-order valence-corrected chi connectivity index (χ2v) is 4.20. The van der Waals surface area contributed by atoms with Gasteiger partial charge >= 0.3 is 7.69 Å². The molecule has 0 N–H and O–H groups in total. The molecule has 13 heavy (non-hydrogen) atoms. The summed E-state index contributed by atoms with van der Waals surface area (Å²) in [5, 5.41) is 0. The normalized spacial score (nSPS) is 11.2. The van der Waals surface area contributed by atoms with Crippen LogP contribution in [0.15, 0.2) is 0 Å². The van der Waals surface area contributed by atoms with E-state index in [1.165, 1.54) is 7.69 Å². The molecule has 0 aliphatic heterocycles. The summed E-state index contributed by atoms with van der Waals surface area (Å²) in [5.41, 5.74) is 0. The molecule has 1 radical (unpaired) electrons. The molecule has 0 saturated heterocycles. The van der Waals surface area contributed by atoms with Crippen molar-refractivity contribution in [2.24, 2.45) is 11.8 Å². The first-order valence-corrected chi connectivity index (χ1v) is 5.17. The molecule has 0 unspecified atom stereocenters. The van der Waals surface area contributed by atoms with Gasteiger partial charge in [-0.2, -0.15) is 0 Å². The summed E-state index contributed by atoms with van der Waals surface area (Å²) in [6.45, 7) is 10.3. The molecule has 0 aliphatic rings. The zero-order chi connectivity index (χ0) is 10.1. The zero-order valence-electron chi connectivity index (χ0n) is 9.38. The highest BCUT2D eigenvalue weighted by Crippen LogP contribution is 2.00. The topological polar surface area (TPSA) is 18.5 Å². The lowest BCUT2D eigenvalue weighted by molar-refractivity contribution is 0.203. The Morgan fingerprint density at radius 3 is 1.54 bits per heavy atom. The minimum Gasteiger partial charge on any atom is -0.413 e. The van der Waals surface area contributed by atoms with Crippen molar-refractivity contribution >= 4 is 7.69 Å². The number of rotatable bonds is 8. The molecule has 0 fully saturated rings. The maximum absolute atomic E-state index is 5.18. The van der Waals surface area contributed by atoms with Crippen LogP contribution in [0.1, 0.15) is 40.5 Å². The van der Waals surface area contributed by atoms with Crippen molar-refractivity contribution in [3.63, 3.8) is 0 Å². The summed E-state index contributed by atoms with van der Waals surface area (Å²) in [4.78, 5) is 0. The highest BCUT2D eigenvalue weighted by Gasteiger charge is 1.98. The van der Waals surface area contributed by atoms with Crippen LogP contribution in [-0.2, 0) is 9.31 Å². The maximum atomic E-state index is 5.18. The van der Waals surface area contributed by atoms with Crippen molar-refractivity contribution in [2.45, 2.75) is 40.5 Å². The summed E-state index contributed by atoms with van der Waals surface area (Å²) >= 11 is 0. The van der Waals surface area contributed by atoms with Crippen LogP contribution in [0.3, 0.4) is 0 Å². The Morgan fingerprint density at radius 2 is 1.23 bits per heavy atom. The first-order chi connectivity index (χ1) is 6.13. The van der Waals surface area contributed by atoms with Crippen LogP contribution in [0.2, 0.25) is 0 Å². The highest BCUT2D eigenvalue weighted by molar-refractivity contribution is 6.17. The van der Waals surface area contributed by atoms with Crippen LogP contribution in [-0.4, -0.2) is 20.9 Å². The standard InChI is InChI=1S/C10H22BO2/c1-9(2)5-7-12-11-13-8-6-10(3)4/h9-10H,5-8H2,1-4H3. The second-order valence-electron chi connectivity index (χ2n) is 4.20. The van der Waals surface area contributed by atoms with Gasteiger partial charge in [-0.25, -0.2) is 0 Å². The van der Waals surface area contributed by atoms with Gasteiger partial charge in [0.25, 0.3) is 0 Å². The fourth-order valence-corrected chi connectivity index (χ4v) is 0.752. The minimum atomic E-state index is 0.698. The number of hydrogen-bond acceptors (Lipinski definition) is 2. The Kier molecular flexibility index (Phi) is 8.57. The van der Waals surface area contributed by atoms with E-state index in [0.717, 1.165) is 26.1 Å². The van der Waals surface area contributed by atoms with E-state index >= 15 is 0 Å². The molecular formula is C10H22BO2. The molecule has 0 bridgehead atoms. The predicted molar refractivity (Wildman–Crippen MR) is 56.6 cm³/mol. The van der Waals surface area contributed by atoms with Crippen LogP contribution in [0.5, 0.6) is 0 Å². The summed E-state index contributed by atoms with van der Waals surface area (Å²) in [6, 6.07) is 0. The Labute approximate surface area is 83.3 Å². The van der Waals surface area contributed by atoms with E-state index in [4.69, 9.17) is 9.31 Å². The van der Waals surface area contributed by atoms with Gasteiger partial charge in [0.05, 0.1) is 0 Å². The lowest BCUT2D eigenvalue weighted by Gasteiger charge is -2.06. The first-order valence-electron chi connectivity index (χ1n) is 5.17. The van der Waals surface area contributed by atoms with E-state index in [1.54, 1.807) is 0 Å². The van der Waals surface area contributed by atoms with Crippen molar-refractivity contribution < 1.29 is 9.31 Å². The van der Waals surface area contributed by atoms with Gasteiger partial charge in [0.15, 0.2) is 0 Å². The van der Waals surface area contributed by atoms with Crippen LogP contribution >= 0.6 is 0 Å². The number of hydrogen-bond donors (Lipinski definition) is 0. The molecular weight excluding hydrogens is 163 g/mol. The molecule has 0 saturated carbocycles. The first kappa shape index (κ1) is 13.0. The zero-order valence-corrected chi connectivity index (χ0v) is 9.38. The average molecular weight is 185 g/mol. The van der Waals surface area contributed by atoms with Gasteiger partial charge < -0.3 is 9.31 Å². The van der Waals surface area contributed by atoms with Gasteiger partial charge in [0, 0.05) is 13.2 Å². The SMILES string of the molecule is CC(C)CCO[B]OCCC(C)C. The molecule has 0 spiro atoms. The molecule has 0 heterocycles. The molecule has 0 aromatic carbocycles. The van der Waals surface area contributed by atoms with Crippen molar-refractivity contribution in [3.05, 3.63) is 0 Å². The third-order valence-corrected chi connectivity index (χ3v) is 1.76. The van der Waals surface area contributed by atoms with Crippen LogP contribution in [0, 0.1) is 11.8 Å². The monoisotopic (exact) mass is 185 g/mol. The molecule has 0 aliphatic carbocycles. The van der Waals surface area contributed by atoms with Gasteiger partial charge in [0.2, 0.25) is 0 Å². The Hall–Kier alpha value is -0.0151. The second kappa shape index (κ2) is 8.58. The van der Waals surface area contributed by atoms with Gasteiger partial charge in [-0.05, 0) is 24.7 Å². The quantitative estimate of drug-likeness (QED) is 0.427. The molecule has 2 nitrogen and oxygen atoms in total. The van der Waals surface area contributed by atoms with E-state index in [9.17, 15) is 0 Å². The van der Waals surface area contributed by atoms with Crippen LogP contribution < -0.4 is 0 Å². The van der Waals surface area contributed by atoms with Gasteiger partial charge in [0.1, 0.15) is 0 Å². The van der Waals surface area contributed by atoms with Gasteiger partial charge in [-0.15, -0.1) is 0 Å². The molecule has 77 valence electrons. The van der Waals surface area contributed by atoms with Crippen molar-refractivity contribution in [1.82, 2.24) is 0 Å². The fourth-order valence-electron chi connectivity index (χ4n) is 0.752. The van der Waals surface area contributed by atoms with Crippen molar-refractivity contribution in [3.8, 4) is 0 Å². The molecule has 0 amide bonds. The summed E-state index contributed by atoms with van der Waals surface area (Å²) in [5.74, 6) is 1.40. The molecule has 0 aromatic rings. The highest BCUT2D eigenvalue weighted by atomic mass is 16.6. The minimum absolute atomic E-state index is 0.698. The van der Waals surface area contributed by atoms with Crippen LogP contribution in [0.4, 0.5) is 0 Å². The molecule has 0 rings (SSSR count). The molecule has 0 aromatic heterocycles. The van der Waals surface area contributed by atoms with E-state index in [-0.39, 0.29) is 0 Å². The Balaban J connectivity index is 2.92. The smallest absolute Gasteiger partial charge is 0.413 e. The van der Waals surface area contributed by atoms with Crippen molar-refractivity contribution in [2.75, 3.05) is 13.2 Å². The fraction of sp³-hybridized carbons (Fsp3) is 1.00. The Bertz CT molecular complexity index is 93.1. The maximum Gasteiger partial charge on any atom is 0.487 e. The predicted octanol–water partition coefficient (Wildman–Crippen LogP) is 2.65. The van der Waals surface area contributed by atoms with Gasteiger partial charge in [-0.3, -0.25) is 0 Å². The Morgan fingerprint density at radius 1 is 0.846 bits per heavy atom. The van der Waals surface area contributed by atoms with Crippen LogP contribution in [0.25, 0.3) is 0 Å². The summed E-state index contributed by atoms with van der Waals surface area (Å²) in [7, 11) is 1.48. The molecule has 3 heteroatoms. The lowest BCUT2D eigenvalue weighted by Crippen LogP contribution is -2.09. The third kappa shape index (κ3) is 12.0. The molecule has 0 atom stereocenters. The summed E-state index contributed by atoms with van der Waals surface area (Å²) < 4.78 is 10.4. The van der Waals surface area contributed by atoms with E-state index in [1.807, 2.05) is 0 Å². The van der Waals surface area contributed by atoms with E-state index in [0.29, 0.717) is 11.8 Å².